The second-order valence-corrected chi connectivity index (χ2v) is 8.74. The van der Waals surface area contributed by atoms with Crippen molar-refractivity contribution in [3.8, 4) is 5.75 Å². The number of aromatic nitrogens is 3. The molecule has 1 unspecified atom stereocenters. The van der Waals surface area contributed by atoms with E-state index in [1.807, 2.05) is 36.1 Å². The van der Waals surface area contributed by atoms with Crippen molar-refractivity contribution in [3.05, 3.63) is 36.0 Å². The van der Waals surface area contributed by atoms with Gasteiger partial charge >= 0.3 is 0 Å². The minimum atomic E-state index is -2.96. The van der Waals surface area contributed by atoms with E-state index in [4.69, 9.17) is 4.74 Å². The number of ether oxygens (including phenoxy) is 1. The zero-order valence-corrected chi connectivity index (χ0v) is 16.4. The van der Waals surface area contributed by atoms with E-state index in [-0.39, 0.29) is 17.5 Å². The molecule has 2 heterocycles. The molecule has 1 saturated heterocycles. The van der Waals surface area contributed by atoms with Crippen molar-refractivity contribution >= 4 is 21.6 Å². The highest BCUT2D eigenvalue weighted by Crippen LogP contribution is 2.21. The summed E-state index contributed by atoms with van der Waals surface area (Å²) in [7, 11) is -1.31. The summed E-state index contributed by atoms with van der Waals surface area (Å²) in [4.78, 5) is 6.44. The fraction of sp³-hybridized carbons (Fsp3) is 0.500. The van der Waals surface area contributed by atoms with Gasteiger partial charge in [0.2, 0.25) is 5.95 Å². The van der Waals surface area contributed by atoms with Crippen molar-refractivity contribution in [2.45, 2.75) is 25.8 Å². The molecule has 1 atom stereocenters. The van der Waals surface area contributed by atoms with Gasteiger partial charge in [-0.3, -0.25) is 0 Å². The van der Waals surface area contributed by atoms with Gasteiger partial charge in [-0.1, -0.05) is 12.1 Å². The van der Waals surface area contributed by atoms with Crippen LogP contribution in [0.5, 0.6) is 5.75 Å². The lowest BCUT2D eigenvalue weighted by Crippen LogP contribution is -2.37. The quantitative estimate of drug-likeness (QED) is 0.724. The van der Waals surface area contributed by atoms with Crippen molar-refractivity contribution in [1.29, 1.82) is 0 Å². The monoisotopic (exact) mass is 391 g/mol. The third-order valence-electron chi connectivity index (χ3n) is 4.67. The van der Waals surface area contributed by atoms with Crippen molar-refractivity contribution in [2.75, 3.05) is 41.9 Å². The van der Waals surface area contributed by atoms with E-state index in [9.17, 15) is 8.42 Å². The number of anilines is 2. The summed E-state index contributed by atoms with van der Waals surface area (Å²) in [5.74, 6) is 2.31. The molecule has 1 aliphatic heterocycles. The summed E-state index contributed by atoms with van der Waals surface area (Å²) in [6.45, 7) is 3.31. The Balaban J connectivity index is 1.60. The Morgan fingerprint density at radius 2 is 2.07 bits per heavy atom. The summed E-state index contributed by atoms with van der Waals surface area (Å²) in [6.07, 6.45) is 3.02. The Kier molecular flexibility index (Phi) is 6.10. The predicted molar refractivity (Wildman–Crippen MR) is 105 cm³/mol. The molecule has 1 aromatic carbocycles. The van der Waals surface area contributed by atoms with Gasteiger partial charge in [0.25, 0.3) is 0 Å². The summed E-state index contributed by atoms with van der Waals surface area (Å²) >= 11 is 0. The number of rotatable bonds is 8. The van der Waals surface area contributed by atoms with Gasteiger partial charge in [-0.25, -0.2) is 8.42 Å². The van der Waals surface area contributed by atoms with Crippen LogP contribution in [0.4, 0.5) is 11.8 Å². The van der Waals surface area contributed by atoms with E-state index in [2.05, 4.69) is 20.5 Å². The Hall–Kier alpha value is -2.42. The lowest BCUT2D eigenvalue weighted by molar-refractivity contribution is 0.414. The van der Waals surface area contributed by atoms with Crippen LogP contribution in [0, 0.1) is 0 Å². The molecule has 0 saturated carbocycles. The molecule has 0 spiro atoms. The summed E-state index contributed by atoms with van der Waals surface area (Å²) < 4.78 is 28.7. The highest BCUT2D eigenvalue weighted by molar-refractivity contribution is 7.91. The van der Waals surface area contributed by atoms with E-state index in [0.29, 0.717) is 31.3 Å². The number of nitrogens with one attached hydrogen (secondary N) is 1. The summed E-state index contributed by atoms with van der Waals surface area (Å²) in [5, 5.41) is 11.4. The zero-order chi connectivity index (χ0) is 19.3. The Morgan fingerprint density at radius 1 is 1.30 bits per heavy atom. The first-order valence-corrected chi connectivity index (χ1v) is 10.9. The van der Waals surface area contributed by atoms with Gasteiger partial charge in [-0.15, -0.1) is 5.10 Å². The molecule has 1 aliphatic rings. The van der Waals surface area contributed by atoms with Crippen LogP contribution in [0.25, 0.3) is 0 Å². The number of sulfone groups is 1. The maximum Gasteiger partial charge on any atom is 0.247 e. The van der Waals surface area contributed by atoms with Crippen molar-refractivity contribution in [3.63, 3.8) is 0 Å². The molecular weight excluding hydrogens is 366 g/mol. The Bertz CT molecular complexity index is 858. The van der Waals surface area contributed by atoms with Gasteiger partial charge in [0.05, 0.1) is 24.8 Å². The molecular formula is C18H25N5O3S. The maximum absolute atomic E-state index is 11.8. The smallest absolute Gasteiger partial charge is 0.247 e. The van der Waals surface area contributed by atoms with E-state index in [1.165, 1.54) is 5.56 Å². The Morgan fingerprint density at radius 3 is 2.70 bits per heavy atom. The van der Waals surface area contributed by atoms with Crippen molar-refractivity contribution < 1.29 is 13.2 Å². The summed E-state index contributed by atoms with van der Waals surface area (Å²) in [6, 6.07) is 7.85. The molecule has 1 fully saturated rings. The molecule has 1 aromatic heterocycles. The first-order valence-electron chi connectivity index (χ1n) is 9.04. The van der Waals surface area contributed by atoms with Crippen molar-refractivity contribution in [2.24, 2.45) is 0 Å². The molecule has 0 amide bonds. The lowest BCUT2D eigenvalue weighted by atomic mass is 10.1. The molecule has 1 N–H and O–H groups in total. The average molecular weight is 391 g/mol. The molecule has 2 aromatic rings. The van der Waals surface area contributed by atoms with Crippen LogP contribution in [0.1, 0.15) is 18.9 Å². The van der Waals surface area contributed by atoms with E-state index >= 15 is 0 Å². The van der Waals surface area contributed by atoms with Crippen LogP contribution in [0.3, 0.4) is 0 Å². The van der Waals surface area contributed by atoms with Crippen molar-refractivity contribution in [1.82, 2.24) is 15.2 Å². The molecule has 8 nitrogen and oxygen atoms in total. The van der Waals surface area contributed by atoms with Crippen LogP contribution in [-0.2, 0) is 16.3 Å². The Labute approximate surface area is 159 Å². The molecule has 0 aliphatic carbocycles. The lowest BCUT2D eigenvalue weighted by Gasteiger charge is -2.26. The van der Waals surface area contributed by atoms with Gasteiger partial charge in [-0.05, 0) is 37.5 Å². The molecule has 0 bridgehead atoms. The number of benzene rings is 1. The predicted octanol–water partition coefficient (Wildman–Crippen LogP) is 1.55. The first-order chi connectivity index (χ1) is 13.0. The third kappa shape index (κ3) is 5.06. The zero-order valence-electron chi connectivity index (χ0n) is 15.6. The van der Waals surface area contributed by atoms with Gasteiger partial charge in [0.1, 0.15) is 5.75 Å². The topological polar surface area (TPSA) is 97.3 Å². The van der Waals surface area contributed by atoms with Crippen LogP contribution in [0.15, 0.2) is 30.5 Å². The number of nitrogens with zero attached hydrogens (tertiary/aromatic N) is 4. The van der Waals surface area contributed by atoms with E-state index in [1.54, 1.807) is 13.3 Å². The number of hydrogen-bond acceptors (Lipinski definition) is 8. The standard InChI is InChI=1S/C18H25N5O3S/c1-3-23(15-9-11-27(24,25)13-15)18-21-17(12-20-22-18)19-10-8-14-4-6-16(26-2)7-5-14/h4-7,12,15H,3,8-11,13H2,1-2H3,(H,19,21,22). The van der Waals surface area contributed by atoms with Gasteiger partial charge in [0.15, 0.2) is 15.7 Å². The average Bonchev–Trinajstić information content (AvgIpc) is 3.03. The first kappa shape index (κ1) is 19.3. The van der Waals surface area contributed by atoms with Crippen LogP contribution in [0.2, 0.25) is 0 Å². The summed E-state index contributed by atoms with van der Waals surface area (Å²) in [5.41, 5.74) is 1.19. The molecule has 27 heavy (non-hydrogen) atoms. The second kappa shape index (κ2) is 8.51. The molecule has 9 heteroatoms. The fourth-order valence-corrected chi connectivity index (χ4v) is 4.94. The fourth-order valence-electron chi connectivity index (χ4n) is 3.21. The number of methoxy groups -OCH3 is 1. The highest BCUT2D eigenvalue weighted by Gasteiger charge is 2.33. The van der Waals surface area contributed by atoms with E-state index in [0.717, 1.165) is 12.2 Å². The van der Waals surface area contributed by atoms with E-state index < -0.39 is 9.84 Å². The van der Waals surface area contributed by atoms with Crippen LogP contribution >= 0.6 is 0 Å². The van der Waals surface area contributed by atoms with Gasteiger partial charge < -0.3 is 15.0 Å². The largest absolute Gasteiger partial charge is 0.497 e. The highest BCUT2D eigenvalue weighted by atomic mass is 32.2. The number of hydrogen-bond donors (Lipinski definition) is 1. The minimum absolute atomic E-state index is 0.0867. The second-order valence-electron chi connectivity index (χ2n) is 6.51. The molecule has 3 rings (SSSR count). The van der Waals surface area contributed by atoms with Gasteiger partial charge in [0, 0.05) is 19.1 Å². The third-order valence-corrected chi connectivity index (χ3v) is 6.42. The molecule has 146 valence electrons. The van der Waals surface area contributed by atoms with Gasteiger partial charge in [-0.2, -0.15) is 10.1 Å². The molecule has 0 radical (unpaired) electrons. The van der Waals surface area contributed by atoms with Crippen LogP contribution < -0.4 is 15.0 Å². The SMILES string of the molecule is CCN(c1nncc(NCCc2ccc(OC)cc2)n1)C1CCS(=O)(=O)C1. The minimum Gasteiger partial charge on any atom is -0.497 e. The normalized spacial score (nSPS) is 18.2. The van der Waals surface area contributed by atoms with Crippen LogP contribution in [-0.4, -0.2) is 61.3 Å². The maximum atomic E-state index is 11.8.